The number of urea groups is 1. The van der Waals surface area contributed by atoms with Crippen LogP contribution in [0.25, 0.3) is 0 Å². The molecule has 1 aromatic rings. The minimum Gasteiger partial charge on any atom is -0.360 e. The van der Waals surface area contributed by atoms with Crippen molar-refractivity contribution in [1.29, 1.82) is 0 Å². The standard InChI is InChI=1S/C17H30N4O3/c1-6-7-8-9-10-21(16(23)19-17(3,4)5)12-15(22)18-14-11-13(2)24-20-14/h11H,6-10,12H2,1-5H3,(H,19,23)(H,18,20,22). The van der Waals surface area contributed by atoms with Crippen molar-refractivity contribution >= 4 is 17.8 Å². The van der Waals surface area contributed by atoms with E-state index in [9.17, 15) is 9.59 Å². The Balaban J connectivity index is 2.61. The second-order valence-corrected chi connectivity index (χ2v) is 7.03. The van der Waals surface area contributed by atoms with Gasteiger partial charge >= 0.3 is 6.03 Å². The van der Waals surface area contributed by atoms with Gasteiger partial charge in [0.15, 0.2) is 5.82 Å². The first-order chi connectivity index (χ1) is 11.2. The summed E-state index contributed by atoms with van der Waals surface area (Å²) in [5.41, 5.74) is -0.349. The first kappa shape index (κ1) is 20.0. The molecule has 0 unspecified atom stereocenters. The lowest BCUT2D eigenvalue weighted by atomic mass is 10.1. The van der Waals surface area contributed by atoms with Crippen LogP contribution in [0.5, 0.6) is 0 Å². The molecule has 0 bridgehead atoms. The molecular formula is C17H30N4O3. The fourth-order valence-electron chi connectivity index (χ4n) is 2.16. The summed E-state index contributed by atoms with van der Waals surface area (Å²) in [7, 11) is 0. The van der Waals surface area contributed by atoms with E-state index in [1.54, 1.807) is 17.9 Å². The van der Waals surface area contributed by atoms with Crippen LogP contribution in [0.3, 0.4) is 0 Å². The highest BCUT2D eigenvalue weighted by Gasteiger charge is 2.21. The molecule has 136 valence electrons. The summed E-state index contributed by atoms with van der Waals surface area (Å²) in [6.07, 6.45) is 4.17. The van der Waals surface area contributed by atoms with Crippen molar-refractivity contribution in [1.82, 2.24) is 15.4 Å². The zero-order valence-corrected chi connectivity index (χ0v) is 15.4. The molecule has 1 aromatic heterocycles. The monoisotopic (exact) mass is 338 g/mol. The molecule has 1 heterocycles. The van der Waals surface area contributed by atoms with Crippen molar-refractivity contribution in [2.45, 2.75) is 65.8 Å². The lowest BCUT2D eigenvalue weighted by Gasteiger charge is -2.28. The average molecular weight is 338 g/mol. The molecule has 0 fully saturated rings. The Hall–Kier alpha value is -2.05. The van der Waals surface area contributed by atoms with Crippen LogP contribution in [0.2, 0.25) is 0 Å². The molecule has 0 atom stereocenters. The van der Waals surface area contributed by atoms with E-state index in [1.165, 1.54) is 0 Å². The van der Waals surface area contributed by atoms with Crippen LogP contribution in [0, 0.1) is 6.92 Å². The number of aryl methyl sites for hydroxylation is 1. The Morgan fingerprint density at radius 2 is 1.96 bits per heavy atom. The van der Waals surface area contributed by atoms with E-state index in [0.29, 0.717) is 18.1 Å². The smallest absolute Gasteiger partial charge is 0.318 e. The Morgan fingerprint density at radius 3 is 2.50 bits per heavy atom. The molecular weight excluding hydrogens is 308 g/mol. The SMILES string of the molecule is CCCCCCN(CC(=O)Nc1cc(C)on1)C(=O)NC(C)(C)C. The molecule has 0 spiro atoms. The third-order valence-corrected chi connectivity index (χ3v) is 3.28. The molecule has 1 rings (SSSR count). The zero-order chi connectivity index (χ0) is 18.2. The van der Waals surface area contributed by atoms with E-state index >= 15 is 0 Å². The van der Waals surface area contributed by atoms with Crippen molar-refractivity contribution in [2.75, 3.05) is 18.4 Å². The topological polar surface area (TPSA) is 87.5 Å². The molecule has 7 heteroatoms. The molecule has 2 N–H and O–H groups in total. The highest BCUT2D eigenvalue weighted by Crippen LogP contribution is 2.08. The molecule has 24 heavy (non-hydrogen) atoms. The van der Waals surface area contributed by atoms with Crippen molar-refractivity contribution in [3.05, 3.63) is 11.8 Å². The maximum absolute atomic E-state index is 12.4. The minimum absolute atomic E-state index is 0.0139. The van der Waals surface area contributed by atoms with Gasteiger partial charge in [0.25, 0.3) is 0 Å². The number of aromatic nitrogens is 1. The highest BCUT2D eigenvalue weighted by molar-refractivity contribution is 5.93. The molecule has 0 saturated heterocycles. The van der Waals surface area contributed by atoms with Crippen LogP contribution in [0.1, 0.15) is 59.1 Å². The van der Waals surface area contributed by atoms with Gasteiger partial charge in [-0.05, 0) is 34.1 Å². The van der Waals surface area contributed by atoms with Gasteiger partial charge in [-0.15, -0.1) is 0 Å². The Kier molecular flexibility index (Phi) is 7.74. The van der Waals surface area contributed by atoms with Crippen molar-refractivity contribution < 1.29 is 14.1 Å². The molecule has 0 aliphatic rings. The number of carbonyl (C=O) groups is 2. The summed E-state index contributed by atoms with van der Waals surface area (Å²) in [5, 5.41) is 9.28. The van der Waals surface area contributed by atoms with Crippen LogP contribution in [-0.2, 0) is 4.79 Å². The predicted octanol–water partition coefficient (Wildman–Crippen LogP) is 3.31. The van der Waals surface area contributed by atoms with Gasteiger partial charge in [0.05, 0.1) is 0 Å². The van der Waals surface area contributed by atoms with Gasteiger partial charge in [0.2, 0.25) is 5.91 Å². The number of rotatable bonds is 8. The van der Waals surface area contributed by atoms with E-state index in [2.05, 4.69) is 22.7 Å². The number of nitrogens with zero attached hydrogens (tertiary/aromatic N) is 2. The molecule has 0 radical (unpaired) electrons. The molecule has 0 saturated carbocycles. The van der Waals surface area contributed by atoms with E-state index in [0.717, 1.165) is 25.7 Å². The molecule has 0 aliphatic heterocycles. The maximum atomic E-state index is 12.4. The van der Waals surface area contributed by atoms with E-state index in [-0.39, 0.29) is 24.0 Å². The van der Waals surface area contributed by atoms with Crippen molar-refractivity contribution in [2.24, 2.45) is 0 Å². The number of carbonyl (C=O) groups excluding carboxylic acids is 2. The van der Waals surface area contributed by atoms with E-state index in [4.69, 9.17) is 4.52 Å². The summed E-state index contributed by atoms with van der Waals surface area (Å²) in [5.74, 6) is 0.690. The molecule has 3 amide bonds. The lowest BCUT2D eigenvalue weighted by Crippen LogP contribution is -2.50. The van der Waals surface area contributed by atoms with Crippen LogP contribution in [0.4, 0.5) is 10.6 Å². The summed E-state index contributed by atoms with van der Waals surface area (Å²) in [6, 6.07) is 1.41. The van der Waals surface area contributed by atoms with Gasteiger partial charge in [-0.3, -0.25) is 4.79 Å². The summed E-state index contributed by atoms with van der Waals surface area (Å²) >= 11 is 0. The fourth-order valence-corrected chi connectivity index (χ4v) is 2.16. The normalized spacial score (nSPS) is 11.2. The Labute approximate surface area is 144 Å². The predicted molar refractivity (Wildman–Crippen MR) is 93.9 cm³/mol. The Morgan fingerprint density at radius 1 is 1.25 bits per heavy atom. The zero-order valence-electron chi connectivity index (χ0n) is 15.4. The van der Waals surface area contributed by atoms with Gasteiger partial charge in [-0.25, -0.2) is 4.79 Å². The van der Waals surface area contributed by atoms with Gasteiger partial charge in [-0.2, -0.15) is 0 Å². The van der Waals surface area contributed by atoms with Gasteiger partial charge in [0, 0.05) is 18.2 Å². The number of hydrogen-bond acceptors (Lipinski definition) is 4. The van der Waals surface area contributed by atoms with Gasteiger partial charge in [-0.1, -0.05) is 31.3 Å². The first-order valence-electron chi connectivity index (χ1n) is 8.51. The molecule has 7 nitrogen and oxygen atoms in total. The second kappa shape index (κ2) is 9.30. The van der Waals surface area contributed by atoms with Crippen LogP contribution in [-0.4, -0.2) is 40.6 Å². The lowest BCUT2D eigenvalue weighted by molar-refractivity contribution is -0.116. The molecule has 0 aromatic carbocycles. The largest absolute Gasteiger partial charge is 0.360 e. The fraction of sp³-hybridized carbons (Fsp3) is 0.706. The van der Waals surface area contributed by atoms with Crippen LogP contribution < -0.4 is 10.6 Å². The van der Waals surface area contributed by atoms with E-state index < -0.39 is 0 Å². The second-order valence-electron chi connectivity index (χ2n) is 7.03. The van der Waals surface area contributed by atoms with E-state index in [1.807, 2.05) is 20.8 Å². The minimum atomic E-state index is -0.349. The number of nitrogens with one attached hydrogen (secondary N) is 2. The van der Waals surface area contributed by atoms with Crippen molar-refractivity contribution in [3.8, 4) is 0 Å². The number of amides is 3. The number of anilines is 1. The summed E-state index contributed by atoms with van der Waals surface area (Å²) in [4.78, 5) is 26.1. The number of unbranched alkanes of at least 4 members (excludes halogenated alkanes) is 3. The Bertz CT molecular complexity index is 534. The van der Waals surface area contributed by atoms with Crippen LogP contribution in [0.15, 0.2) is 10.6 Å². The third-order valence-electron chi connectivity index (χ3n) is 3.28. The summed E-state index contributed by atoms with van der Waals surface area (Å²) in [6.45, 7) is 10.2. The number of hydrogen-bond donors (Lipinski definition) is 2. The average Bonchev–Trinajstić information content (AvgIpc) is 2.85. The first-order valence-corrected chi connectivity index (χ1v) is 8.51. The van der Waals surface area contributed by atoms with Gasteiger partial charge < -0.3 is 20.1 Å². The quantitative estimate of drug-likeness (QED) is 0.712. The highest BCUT2D eigenvalue weighted by atomic mass is 16.5. The third kappa shape index (κ3) is 7.99. The van der Waals surface area contributed by atoms with Crippen LogP contribution >= 0.6 is 0 Å². The maximum Gasteiger partial charge on any atom is 0.318 e. The van der Waals surface area contributed by atoms with Crippen molar-refractivity contribution in [3.63, 3.8) is 0 Å². The van der Waals surface area contributed by atoms with Gasteiger partial charge in [0.1, 0.15) is 12.3 Å². The molecule has 0 aliphatic carbocycles. The summed E-state index contributed by atoms with van der Waals surface area (Å²) < 4.78 is 4.92.